The first-order valence-corrected chi connectivity index (χ1v) is 11.6. The van der Waals surface area contributed by atoms with Crippen molar-refractivity contribution in [1.82, 2.24) is 0 Å². The topological polar surface area (TPSA) is 49.8 Å². The van der Waals surface area contributed by atoms with Gasteiger partial charge in [0.25, 0.3) is 0 Å². The Bertz CT molecular complexity index is 749. The Kier molecular flexibility index (Phi) is 5.29. The predicted octanol–water partition coefficient (Wildman–Crippen LogP) is 4.01. The van der Waals surface area contributed by atoms with E-state index >= 15 is 0 Å². The zero-order valence-corrected chi connectivity index (χ0v) is 18.0. The maximum Gasteiger partial charge on any atom is 0.227 e. The first-order valence-electron chi connectivity index (χ1n) is 9.83. The van der Waals surface area contributed by atoms with Crippen molar-refractivity contribution < 1.29 is 14.6 Å². The van der Waals surface area contributed by atoms with Crippen LogP contribution in [0, 0.1) is 12.8 Å². The van der Waals surface area contributed by atoms with Crippen molar-refractivity contribution in [2.24, 2.45) is 5.92 Å². The Morgan fingerprint density at radius 3 is 2.78 bits per heavy atom. The van der Waals surface area contributed by atoms with Gasteiger partial charge in [-0.15, -0.1) is 23.5 Å². The van der Waals surface area contributed by atoms with E-state index in [1.807, 2.05) is 30.6 Å². The van der Waals surface area contributed by atoms with Crippen LogP contribution in [0.15, 0.2) is 17.0 Å². The molecule has 0 spiro atoms. The monoisotopic (exact) mass is 407 g/mol. The molecule has 0 saturated carbocycles. The molecule has 2 unspecified atom stereocenters. The number of ether oxygens (including phenoxy) is 1. The Hall–Kier alpha value is -0.690. The van der Waals surface area contributed by atoms with Crippen molar-refractivity contribution in [2.75, 3.05) is 30.9 Å². The summed E-state index contributed by atoms with van der Waals surface area (Å²) < 4.78 is 5.46. The number of nitrogens with zero attached hydrogens (tertiary/aromatic N) is 1. The van der Waals surface area contributed by atoms with E-state index in [9.17, 15) is 9.90 Å². The third-order valence-corrected chi connectivity index (χ3v) is 9.29. The molecule has 2 atom stereocenters. The molecular formula is C21H29NO3S2. The van der Waals surface area contributed by atoms with E-state index in [1.165, 1.54) is 10.5 Å². The van der Waals surface area contributed by atoms with Gasteiger partial charge in [-0.3, -0.25) is 4.79 Å². The van der Waals surface area contributed by atoms with Crippen LogP contribution in [0.2, 0.25) is 0 Å². The molecule has 6 heteroatoms. The number of aliphatic hydroxyl groups is 1. The molecule has 3 aliphatic rings. The van der Waals surface area contributed by atoms with Gasteiger partial charge in [0, 0.05) is 49.4 Å². The van der Waals surface area contributed by atoms with E-state index < -0.39 is 5.60 Å². The average molecular weight is 408 g/mol. The highest BCUT2D eigenvalue weighted by atomic mass is 32.2. The van der Waals surface area contributed by atoms with Crippen molar-refractivity contribution in [3.63, 3.8) is 0 Å². The van der Waals surface area contributed by atoms with Crippen molar-refractivity contribution >= 4 is 35.1 Å². The standard InChI is InChI=1S/C21H29NO3S2/c1-14-10-17(11-15-4-5-18(23)22(3)19(14)15)27-20(2)12-21(24,13-26-20)16-6-8-25-9-7-16/h10-11,16,24H,4-9,12-13H2,1-3H3. The first kappa shape index (κ1) is 19.6. The zero-order valence-electron chi connectivity index (χ0n) is 16.4. The summed E-state index contributed by atoms with van der Waals surface area (Å²) in [6, 6.07) is 4.46. The third kappa shape index (κ3) is 3.78. The molecule has 4 rings (SSSR count). The molecule has 0 bridgehead atoms. The molecule has 0 aliphatic carbocycles. The number of amides is 1. The maximum atomic E-state index is 12.0. The summed E-state index contributed by atoms with van der Waals surface area (Å²) in [5.41, 5.74) is 2.94. The fourth-order valence-corrected chi connectivity index (χ4v) is 8.03. The second-order valence-electron chi connectivity index (χ2n) is 8.39. The van der Waals surface area contributed by atoms with Crippen molar-refractivity contribution in [2.45, 2.75) is 60.5 Å². The Morgan fingerprint density at radius 2 is 2.04 bits per heavy atom. The van der Waals surface area contributed by atoms with E-state index in [-0.39, 0.29) is 9.99 Å². The second-order valence-corrected chi connectivity index (χ2v) is 11.7. The number of benzene rings is 1. The van der Waals surface area contributed by atoms with Gasteiger partial charge in [0.15, 0.2) is 0 Å². The number of carbonyl (C=O) groups is 1. The Balaban J connectivity index is 1.52. The summed E-state index contributed by atoms with van der Waals surface area (Å²) in [5, 5.41) is 11.3. The Labute approximate surface area is 170 Å². The lowest BCUT2D eigenvalue weighted by Crippen LogP contribution is -2.42. The molecule has 2 saturated heterocycles. The molecule has 4 nitrogen and oxygen atoms in total. The van der Waals surface area contributed by atoms with Crippen LogP contribution < -0.4 is 4.90 Å². The maximum absolute atomic E-state index is 12.0. The average Bonchev–Trinajstić information content (AvgIpc) is 2.95. The predicted molar refractivity (Wildman–Crippen MR) is 113 cm³/mol. The molecule has 1 aromatic rings. The van der Waals surface area contributed by atoms with E-state index in [0.29, 0.717) is 12.3 Å². The van der Waals surface area contributed by atoms with Crippen LogP contribution in [0.25, 0.3) is 0 Å². The van der Waals surface area contributed by atoms with Gasteiger partial charge in [-0.05, 0) is 62.3 Å². The largest absolute Gasteiger partial charge is 0.389 e. The summed E-state index contributed by atoms with van der Waals surface area (Å²) in [4.78, 5) is 15.1. The molecule has 148 valence electrons. The van der Waals surface area contributed by atoms with Crippen LogP contribution >= 0.6 is 23.5 Å². The molecule has 2 fully saturated rings. The summed E-state index contributed by atoms with van der Waals surface area (Å²) in [7, 11) is 1.88. The minimum absolute atomic E-state index is 0.0237. The van der Waals surface area contributed by atoms with Gasteiger partial charge in [0.05, 0.1) is 9.68 Å². The van der Waals surface area contributed by atoms with Crippen molar-refractivity contribution in [1.29, 1.82) is 0 Å². The zero-order chi connectivity index (χ0) is 19.2. The van der Waals surface area contributed by atoms with Crippen LogP contribution in [0.5, 0.6) is 0 Å². The van der Waals surface area contributed by atoms with Crippen LogP contribution in [-0.2, 0) is 16.0 Å². The van der Waals surface area contributed by atoms with Gasteiger partial charge < -0.3 is 14.7 Å². The van der Waals surface area contributed by atoms with E-state index in [2.05, 4.69) is 26.0 Å². The molecule has 0 aromatic heterocycles. The highest BCUT2D eigenvalue weighted by Gasteiger charge is 2.50. The van der Waals surface area contributed by atoms with Crippen molar-refractivity contribution in [3.8, 4) is 0 Å². The van der Waals surface area contributed by atoms with Crippen LogP contribution in [-0.4, -0.2) is 46.7 Å². The first-order chi connectivity index (χ1) is 12.8. The number of anilines is 1. The van der Waals surface area contributed by atoms with Gasteiger partial charge in [-0.25, -0.2) is 0 Å². The SMILES string of the molecule is Cc1cc(SC2(C)CC(O)(C3CCOCC3)CS2)cc2c1N(C)C(=O)CC2. The highest BCUT2D eigenvalue weighted by molar-refractivity contribution is 8.18. The van der Waals surface area contributed by atoms with E-state index in [1.54, 1.807) is 4.90 Å². The molecule has 27 heavy (non-hydrogen) atoms. The minimum atomic E-state index is -0.577. The van der Waals surface area contributed by atoms with Crippen LogP contribution in [0.4, 0.5) is 5.69 Å². The second kappa shape index (κ2) is 7.29. The highest BCUT2D eigenvalue weighted by Crippen LogP contribution is 2.56. The van der Waals surface area contributed by atoms with Gasteiger partial charge >= 0.3 is 0 Å². The lowest BCUT2D eigenvalue weighted by Gasteiger charge is -2.36. The number of rotatable bonds is 3. The van der Waals surface area contributed by atoms with Crippen LogP contribution in [0.1, 0.15) is 43.7 Å². The summed E-state index contributed by atoms with van der Waals surface area (Å²) in [5.74, 6) is 1.36. The fourth-order valence-electron chi connectivity index (χ4n) is 4.83. The van der Waals surface area contributed by atoms with Crippen molar-refractivity contribution in [3.05, 3.63) is 23.3 Å². The molecule has 0 radical (unpaired) electrons. The minimum Gasteiger partial charge on any atom is -0.389 e. The summed E-state index contributed by atoms with van der Waals surface area (Å²) >= 11 is 3.77. The molecule has 1 N–H and O–H groups in total. The quantitative estimate of drug-likeness (QED) is 0.820. The smallest absolute Gasteiger partial charge is 0.227 e. The lowest BCUT2D eigenvalue weighted by molar-refractivity contribution is -0.118. The van der Waals surface area contributed by atoms with Crippen LogP contribution in [0.3, 0.4) is 0 Å². The number of fused-ring (bicyclic) bond motifs is 1. The normalized spacial score (nSPS) is 32.0. The molecular weight excluding hydrogens is 378 g/mol. The van der Waals surface area contributed by atoms with Gasteiger partial charge in [-0.2, -0.15) is 0 Å². The number of aryl methyl sites for hydroxylation is 2. The number of hydrogen-bond acceptors (Lipinski definition) is 5. The van der Waals surface area contributed by atoms with Gasteiger partial charge in [0.1, 0.15) is 0 Å². The number of thioether (sulfide) groups is 2. The molecule has 3 aliphatic heterocycles. The molecule has 1 aromatic carbocycles. The number of hydrogen-bond donors (Lipinski definition) is 1. The summed E-state index contributed by atoms with van der Waals surface area (Å²) in [6.07, 6.45) is 4.16. The molecule has 1 amide bonds. The summed E-state index contributed by atoms with van der Waals surface area (Å²) in [6.45, 7) is 5.92. The van der Waals surface area contributed by atoms with E-state index in [4.69, 9.17) is 4.74 Å². The lowest BCUT2D eigenvalue weighted by atomic mass is 9.80. The van der Waals surface area contributed by atoms with E-state index in [0.717, 1.165) is 55.9 Å². The fraction of sp³-hybridized carbons (Fsp3) is 0.667. The number of carbonyl (C=O) groups excluding carboxylic acids is 1. The van der Waals surface area contributed by atoms with Gasteiger partial charge in [0.2, 0.25) is 5.91 Å². The van der Waals surface area contributed by atoms with Gasteiger partial charge in [-0.1, -0.05) is 0 Å². The molecule has 3 heterocycles. The Morgan fingerprint density at radius 1 is 1.30 bits per heavy atom. The third-order valence-electron chi connectivity index (χ3n) is 6.24.